The number of hydrogen-bond acceptors (Lipinski definition) is 5. The number of ketones is 1. The number of rotatable bonds is 10. The summed E-state index contributed by atoms with van der Waals surface area (Å²) in [5, 5.41) is 0. The quantitative estimate of drug-likeness (QED) is 0.251. The van der Waals surface area contributed by atoms with Crippen molar-refractivity contribution in [3.8, 4) is 23.0 Å². The molecule has 2 aromatic carbocycles. The molecule has 0 spiro atoms. The Morgan fingerprint density at radius 1 is 0.839 bits per heavy atom. The molecule has 0 fully saturated rings. The summed E-state index contributed by atoms with van der Waals surface area (Å²) in [6.07, 6.45) is 7.05. The Kier molecular flexibility index (Phi) is 8.86. The van der Waals surface area contributed by atoms with Crippen LogP contribution in [0.5, 0.6) is 23.0 Å². The third-order valence-corrected chi connectivity index (χ3v) is 5.46. The van der Waals surface area contributed by atoms with E-state index in [4.69, 9.17) is 18.5 Å². The highest BCUT2D eigenvalue weighted by Crippen LogP contribution is 2.33. The third-order valence-electron chi connectivity index (χ3n) is 4.95. The lowest BCUT2D eigenvalue weighted by atomic mass is 9.80. The van der Waals surface area contributed by atoms with Crippen LogP contribution in [0.25, 0.3) is 12.2 Å². The zero-order valence-electron chi connectivity index (χ0n) is 18.2. The van der Waals surface area contributed by atoms with Crippen LogP contribution >= 0.6 is 18.9 Å². The summed E-state index contributed by atoms with van der Waals surface area (Å²) in [6, 6.07) is 11.0. The molecule has 5 nitrogen and oxygen atoms in total. The maximum atomic E-state index is 12.9. The van der Waals surface area contributed by atoms with Crippen molar-refractivity contribution in [2.75, 3.05) is 14.2 Å². The Hall–Kier alpha value is -2.61. The Labute approximate surface area is 188 Å². The van der Waals surface area contributed by atoms with E-state index in [-0.39, 0.29) is 5.78 Å². The minimum absolute atomic E-state index is 0.0585. The molecule has 0 aliphatic heterocycles. The van der Waals surface area contributed by atoms with E-state index in [2.05, 4.69) is 25.5 Å². The van der Waals surface area contributed by atoms with Crippen LogP contribution in [0, 0.1) is 5.41 Å². The molecule has 31 heavy (non-hydrogen) atoms. The second kappa shape index (κ2) is 11.1. The molecule has 2 rings (SSSR count). The number of ether oxygens (including phenoxy) is 2. The van der Waals surface area contributed by atoms with Crippen LogP contribution < -0.4 is 18.5 Å². The van der Waals surface area contributed by atoms with Crippen LogP contribution in [0.2, 0.25) is 0 Å². The minimum Gasteiger partial charge on any atom is -0.493 e. The monoisotopic (exact) mass is 458 g/mol. The van der Waals surface area contributed by atoms with E-state index in [1.807, 2.05) is 50.3 Å². The standard InChI is InChI=1S/C24H28O5P2/c1-16(6-7-17-8-11-19(28-30)21(14-17)26-4)24(2,3)23(25)13-10-18-9-12-20(29-31)22(15-18)27-5/h6-15H,1,30-31H2,2-5H3/b7-6+,13-10+. The van der Waals surface area contributed by atoms with E-state index in [0.717, 1.165) is 11.1 Å². The lowest BCUT2D eigenvalue weighted by Crippen LogP contribution is -2.23. The summed E-state index contributed by atoms with van der Waals surface area (Å²) in [5.41, 5.74) is 1.66. The molecule has 0 amide bonds. The molecule has 2 atom stereocenters. The molecule has 2 unspecified atom stereocenters. The van der Waals surface area contributed by atoms with E-state index >= 15 is 0 Å². The molecule has 0 saturated carbocycles. The zero-order valence-corrected chi connectivity index (χ0v) is 20.5. The van der Waals surface area contributed by atoms with E-state index in [0.29, 0.717) is 28.6 Å². The van der Waals surface area contributed by atoms with Gasteiger partial charge in [-0.1, -0.05) is 36.9 Å². The number of carbonyl (C=O) groups is 1. The van der Waals surface area contributed by atoms with Gasteiger partial charge in [0.05, 0.1) is 38.6 Å². The summed E-state index contributed by atoms with van der Waals surface area (Å²) in [5.74, 6) is 2.37. The van der Waals surface area contributed by atoms with Crippen LogP contribution in [0.4, 0.5) is 0 Å². The largest absolute Gasteiger partial charge is 0.493 e. The van der Waals surface area contributed by atoms with Crippen molar-refractivity contribution in [2.24, 2.45) is 5.41 Å². The highest BCUT2D eigenvalue weighted by molar-refractivity contribution is 7.10. The molecule has 2 aromatic rings. The average Bonchev–Trinajstić information content (AvgIpc) is 2.80. The summed E-state index contributed by atoms with van der Waals surface area (Å²) in [7, 11) is 7.54. The first-order valence-corrected chi connectivity index (χ1v) is 10.4. The van der Waals surface area contributed by atoms with Crippen LogP contribution in [0.3, 0.4) is 0 Å². The topological polar surface area (TPSA) is 54.0 Å². The van der Waals surface area contributed by atoms with Crippen molar-refractivity contribution in [3.05, 3.63) is 71.8 Å². The first-order chi connectivity index (χ1) is 14.8. The van der Waals surface area contributed by atoms with E-state index in [9.17, 15) is 4.79 Å². The number of methoxy groups -OCH3 is 2. The van der Waals surface area contributed by atoms with Crippen LogP contribution in [0.1, 0.15) is 25.0 Å². The van der Waals surface area contributed by atoms with E-state index in [1.165, 1.54) is 0 Å². The predicted octanol–water partition coefficient (Wildman–Crippen LogP) is 5.92. The minimum atomic E-state index is -0.770. The molecule has 0 heterocycles. The SMILES string of the molecule is C=C(/C=C/c1ccc(OP)c(OC)c1)C(C)(C)C(=O)/C=C/c1ccc(OP)c(OC)c1. The Bertz CT molecular complexity index is 930. The van der Waals surface area contributed by atoms with E-state index < -0.39 is 5.41 Å². The van der Waals surface area contributed by atoms with Crippen molar-refractivity contribution in [1.29, 1.82) is 0 Å². The third kappa shape index (κ3) is 6.19. The summed E-state index contributed by atoms with van der Waals surface area (Å²) >= 11 is 0. The van der Waals surface area contributed by atoms with Crippen LogP contribution in [-0.2, 0) is 4.79 Å². The predicted molar refractivity (Wildman–Crippen MR) is 133 cm³/mol. The van der Waals surface area contributed by atoms with Crippen LogP contribution in [-0.4, -0.2) is 20.0 Å². The first kappa shape index (κ1) is 24.7. The molecule has 164 valence electrons. The van der Waals surface area contributed by atoms with Gasteiger partial charge in [-0.3, -0.25) is 4.79 Å². The fraction of sp³-hybridized carbons (Fsp3) is 0.208. The molecule has 0 aromatic heterocycles. The first-order valence-electron chi connectivity index (χ1n) is 9.46. The van der Waals surface area contributed by atoms with E-state index in [1.54, 1.807) is 38.5 Å². The van der Waals surface area contributed by atoms with Gasteiger partial charge in [0.25, 0.3) is 0 Å². The zero-order chi connectivity index (χ0) is 23.0. The van der Waals surface area contributed by atoms with Gasteiger partial charge in [0, 0.05) is 0 Å². The van der Waals surface area contributed by atoms with Gasteiger partial charge in [-0.2, -0.15) is 0 Å². The van der Waals surface area contributed by atoms with Gasteiger partial charge in [-0.05, 0) is 60.9 Å². The number of allylic oxidation sites excluding steroid dienone is 3. The molecule has 0 aliphatic rings. The Morgan fingerprint density at radius 3 is 1.71 bits per heavy atom. The molecule has 0 radical (unpaired) electrons. The maximum Gasteiger partial charge on any atom is 0.165 e. The van der Waals surface area contributed by atoms with Gasteiger partial charge >= 0.3 is 0 Å². The van der Waals surface area contributed by atoms with Crippen LogP contribution in [0.15, 0.2) is 60.7 Å². The molecule has 0 aliphatic carbocycles. The number of benzene rings is 2. The van der Waals surface area contributed by atoms with Crippen molar-refractivity contribution in [1.82, 2.24) is 0 Å². The number of carbonyl (C=O) groups excluding carboxylic acids is 1. The second-order valence-electron chi connectivity index (χ2n) is 7.24. The lowest BCUT2D eigenvalue weighted by Gasteiger charge is -2.22. The van der Waals surface area contributed by atoms with Gasteiger partial charge in [0.15, 0.2) is 28.8 Å². The molecule has 0 bridgehead atoms. The highest BCUT2D eigenvalue weighted by atomic mass is 31.0. The fourth-order valence-electron chi connectivity index (χ4n) is 2.71. The highest BCUT2D eigenvalue weighted by Gasteiger charge is 2.27. The second-order valence-corrected chi connectivity index (χ2v) is 7.71. The molecule has 0 N–H and O–H groups in total. The number of hydrogen-bond donors (Lipinski definition) is 0. The van der Waals surface area contributed by atoms with Crippen molar-refractivity contribution >= 4 is 36.9 Å². The van der Waals surface area contributed by atoms with Crippen molar-refractivity contribution < 1.29 is 23.3 Å². The van der Waals surface area contributed by atoms with Crippen molar-refractivity contribution in [3.63, 3.8) is 0 Å². The fourth-order valence-corrected chi connectivity index (χ4v) is 3.10. The molecule has 7 heteroatoms. The molecular weight excluding hydrogens is 430 g/mol. The normalized spacial score (nSPS) is 11.5. The Morgan fingerprint density at radius 2 is 1.29 bits per heavy atom. The van der Waals surface area contributed by atoms with Crippen molar-refractivity contribution in [2.45, 2.75) is 13.8 Å². The summed E-state index contributed by atoms with van der Waals surface area (Å²) < 4.78 is 20.9. The Balaban J connectivity index is 2.14. The molecular formula is C24H28O5P2. The summed E-state index contributed by atoms with van der Waals surface area (Å²) in [6.45, 7) is 7.81. The van der Waals surface area contributed by atoms with Gasteiger partial charge in [0.1, 0.15) is 0 Å². The van der Waals surface area contributed by atoms with Gasteiger partial charge in [-0.25, -0.2) is 0 Å². The summed E-state index contributed by atoms with van der Waals surface area (Å²) in [4.78, 5) is 12.9. The lowest BCUT2D eigenvalue weighted by molar-refractivity contribution is -0.120. The maximum absolute atomic E-state index is 12.9. The molecule has 0 saturated heterocycles. The van der Waals surface area contributed by atoms with Gasteiger partial charge < -0.3 is 18.5 Å². The van der Waals surface area contributed by atoms with Gasteiger partial charge in [-0.15, -0.1) is 0 Å². The smallest absolute Gasteiger partial charge is 0.165 e. The average molecular weight is 458 g/mol. The van der Waals surface area contributed by atoms with Gasteiger partial charge in [0.2, 0.25) is 0 Å².